The molecule has 0 spiro atoms. The van der Waals surface area contributed by atoms with Crippen molar-refractivity contribution in [2.24, 2.45) is 5.73 Å². The topological polar surface area (TPSA) is 56.5 Å². The largest absolute Gasteiger partial charge is 0.399 e. The first-order valence-electron chi connectivity index (χ1n) is 6.87. The summed E-state index contributed by atoms with van der Waals surface area (Å²) in [5, 5.41) is 4.02. The minimum atomic E-state index is -0.103. The molecular weight excluding hydrogens is 320 g/mol. The van der Waals surface area contributed by atoms with Gasteiger partial charge in [-0.25, -0.2) is 0 Å². The molecule has 1 heterocycles. The molecule has 0 radical (unpaired) electrons. The van der Waals surface area contributed by atoms with Crippen molar-refractivity contribution in [2.75, 3.05) is 18.5 Å². The van der Waals surface area contributed by atoms with Gasteiger partial charge in [0.05, 0.1) is 12.3 Å². The second-order valence-corrected chi connectivity index (χ2v) is 5.36. The van der Waals surface area contributed by atoms with Crippen molar-refractivity contribution in [3.63, 3.8) is 0 Å². The van der Waals surface area contributed by atoms with Gasteiger partial charge in [0.25, 0.3) is 0 Å². The number of halogens is 1. The zero-order valence-corrected chi connectivity index (χ0v) is 13.1. The monoisotopic (exact) mass is 340 g/mol. The van der Waals surface area contributed by atoms with Crippen molar-refractivity contribution in [1.82, 2.24) is 0 Å². The Labute approximate surface area is 128 Å². The molecule has 1 saturated heterocycles. The first-order valence-corrected chi connectivity index (χ1v) is 7.99. The molecule has 20 heavy (non-hydrogen) atoms. The highest BCUT2D eigenvalue weighted by atomic mass is 79.9. The molecule has 1 aromatic carbocycles. The van der Waals surface area contributed by atoms with Gasteiger partial charge in [0, 0.05) is 23.8 Å². The Morgan fingerprint density at radius 1 is 1.40 bits per heavy atom. The van der Waals surface area contributed by atoms with E-state index < -0.39 is 0 Å². The Morgan fingerprint density at radius 3 is 2.85 bits per heavy atom. The van der Waals surface area contributed by atoms with Crippen molar-refractivity contribution in [1.29, 1.82) is 0 Å². The summed E-state index contributed by atoms with van der Waals surface area (Å²) in [4.78, 5) is 0. The van der Waals surface area contributed by atoms with E-state index in [9.17, 15) is 0 Å². The molecule has 2 rings (SSSR count). The summed E-state index contributed by atoms with van der Waals surface area (Å²) in [6.45, 7) is 1.17. The van der Waals surface area contributed by atoms with E-state index in [1.165, 1.54) is 5.56 Å². The molecule has 0 saturated carbocycles. The first kappa shape index (κ1) is 15.4. The van der Waals surface area contributed by atoms with E-state index in [4.69, 9.17) is 15.2 Å². The fourth-order valence-corrected chi connectivity index (χ4v) is 2.31. The highest BCUT2D eigenvalue weighted by molar-refractivity contribution is 9.08. The maximum atomic E-state index is 5.91. The van der Waals surface area contributed by atoms with E-state index >= 15 is 0 Å². The van der Waals surface area contributed by atoms with Crippen LogP contribution in [0.15, 0.2) is 36.2 Å². The van der Waals surface area contributed by atoms with Crippen LogP contribution in [-0.2, 0) is 14.8 Å². The van der Waals surface area contributed by atoms with Gasteiger partial charge in [-0.3, -0.25) is 0 Å². The molecular formula is C15H21BrN2O2. The number of benzene rings is 1. The first-order chi connectivity index (χ1) is 9.78. The molecule has 1 aliphatic heterocycles. The molecule has 0 amide bonds. The van der Waals surface area contributed by atoms with E-state index in [-0.39, 0.29) is 6.29 Å². The summed E-state index contributed by atoms with van der Waals surface area (Å²) in [6, 6.07) is 8.16. The van der Waals surface area contributed by atoms with E-state index in [2.05, 4.69) is 33.4 Å². The number of hydrogen-bond acceptors (Lipinski definition) is 4. The standard InChI is InChI=1S/C15H21BrN2O2/c16-9-12-4-6-14(7-5-12)18-10-13(17)11-20-15-3-1-2-8-19-15/h4-7,10,15,18H,1-3,8-9,11,17H2/b13-10-. The molecule has 0 aliphatic carbocycles. The maximum Gasteiger partial charge on any atom is 0.158 e. The predicted octanol–water partition coefficient (Wildman–Crippen LogP) is 3.34. The van der Waals surface area contributed by atoms with Gasteiger partial charge in [0.2, 0.25) is 0 Å². The van der Waals surface area contributed by atoms with Crippen LogP contribution in [0.3, 0.4) is 0 Å². The third-order valence-electron chi connectivity index (χ3n) is 3.11. The second kappa shape index (κ2) is 8.29. The van der Waals surface area contributed by atoms with Crippen molar-refractivity contribution in [3.8, 4) is 0 Å². The summed E-state index contributed by atoms with van der Waals surface area (Å²) in [7, 11) is 0. The van der Waals surface area contributed by atoms with Crippen molar-refractivity contribution in [3.05, 3.63) is 41.7 Å². The fourth-order valence-electron chi connectivity index (χ4n) is 1.94. The molecule has 1 unspecified atom stereocenters. The van der Waals surface area contributed by atoms with Gasteiger partial charge in [-0.2, -0.15) is 0 Å². The van der Waals surface area contributed by atoms with E-state index in [1.807, 2.05) is 12.1 Å². The summed E-state index contributed by atoms with van der Waals surface area (Å²) < 4.78 is 11.1. The van der Waals surface area contributed by atoms with Crippen LogP contribution in [0.2, 0.25) is 0 Å². The van der Waals surface area contributed by atoms with Crippen LogP contribution in [0, 0.1) is 0 Å². The molecule has 5 heteroatoms. The number of nitrogens with one attached hydrogen (secondary N) is 1. The lowest BCUT2D eigenvalue weighted by atomic mass is 10.2. The van der Waals surface area contributed by atoms with Crippen molar-refractivity contribution < 1.29 is 9.47 Å². The zero-order chi connectivity index (χ0) is 14.2. The molecule has 1 aliphatic rings. The predicted molar refractivity (Wildman–Crippen MR) is 84.5 cm³/mol. The van der Waals surface area contributed by atoms with Crippen LogP contribution in [0.4, 0.5) is 5.69 Å². The van der Waals surface area contributed by atoms with Gasteiger partial charge >= 0.3 is 0 Å². The SMILES string of the molecule is N/C(=C\Nc1ccc(CBr)cc1)COC1CCCCO1. The van der Waals surface area contributed by atoms with E-state index in [1.54, 1.807) is 6.20 Å². The average Bonchev–Trinajstić information content (AvgIpc) is 2.52. The number of anilines is 1. The van der Waals surface area contributed by atoms with E-state index in [0.29, 0.717) is 12.3 Å². The Balaban J connectivity index is 1.74. The fraction of sp³-hybridized carbons (Fsp3) is 0.467. The lowest BCUT2D eigenvalue weighted by Gasteiger charge is -2.22. The lowest BCUT2D eigenvalue weighted by molar-refractivity contribution is -0.157. The Bertz CT molecular complexity index is 428. The summed E-state index contributed by atoms with van der Waals surface area (Å²) in [5.41, 5.74) is 8.81. The molecule has 0 aromatic heterocycles. The lowest BCUT2D eigenvalue weighted by Crippen LogP contribution is -2.24. The number of nitrogens with two attached hydrogens (primary N) is 1. The average molecular weight is 341 g/mol. The summed E-state index contributed by atoms with van der Waals surface area (Å²) in [6.07, 6.45) is 4.90. The Morgan fingerprint density at radius 2 is 2.20 bits per heavy atom. The summed E-state index contributed by atoms with van der Waals surface area (Å²) >= 11 is 3.42. The number of hydrogen-bond donors (Lipinski definition) is 2. The van der Waals surface area contributed by atoms with Gasteiger partial charge in [-0.1, -0.05) is 28.1 Å². The highest BCUT2D eigenvalue weighted by Crippen LogP contribution is 2.14. The molecule has 1 atom stereocenters. The normalized spacial score (nSPS) is 19.9. The quantitative estimate of drug-likeness (QED) is 0.780. The van der Waals surface area contributed by atoms with Gasteiger partial charge in [0.15, 0.2) is 6.29 Å². The zero-order valence-electron chi connectivity index (χ0n) is 11.5. The van der Waals surface area contributed by atoms with Crippen LogP contribution < -0.4 is 11.1 Å². The summed E-state index contributed by atoms with van der Waals surface area (Å²) in [5.74, 6) is 0. The molecule has 110 valence electrons. The minimum absolute atomic E-state index is 0.103. The molecule has 3 N–H and O–H groups in total. The van der Waals surface area contributed by atoms with E-state index in [0.717, 1.165) is 36.9 Å². The third-order valence-corrected chi connectivity index (χ3v) is 3.75. The van der Waals surface area contributed by atoms with Gasteiger partial charge < -0.3 is 20.5 Å². The van der Waals surface area contributed by atoms with Crippen LogP contribution in [-0.4, -0.2) is 19.5 Å². The Hall–Kier alpha value is -1.04. The molecule has 1 fully saturated rings. The second-order valence-electron chi connectivity index (χ2n) is 4.80. The smallest absolute Gasteiger partial charge is 0.158 e. The van der Waals surface area contributed by atoms with Gasteiger partial charge in [-0.05, 0) is 37.0 Å². The molecule has 0 bridgehead atoms. The number of alkyl halides is 1. The van der Waals surface area contributed by atoms with Crippen LogP contribution in [0.1, 0.15) is 24.8 Å². The number of ether oxygens (including phenoxy) is 2. The Kier molecular flexibility index (Phi) is 6.36. The molecule has 4 nitrogen and oxygen atoms in total. The minimum Gasteiger partial charge on any atom is -0.399 e. The van der Waals surface area contributed by atoms with Gasteiger partial charge in [0.1, 0.15) is 0 Å². The third kappa shape index (κ3) is 5.15. The number of rotatable bonds is 6. The molecule has 1 aromatic rings. The maximum absolute atomic E-state index is 5.91. The van der Waals surface area contributed by atoms with Gasteiger partial charge in [-0.15, -0.1) is 0 Å². The van der Waals surface area contributed by atoms with Crippen molar-refractivity contribution in [2.45, 2.75) is 30.9 Å². The highest BCUT2D eigenvalue weighted by Gasteiger charge is 2.13. The van der Waals surface area contributed by atoms with Crippen LogP contribution in [0.25, 0.3) is 0 Å². The van der Waals surface area contributed by atoms with Crippen LogP contribution >= 0.6 is 15.9 Å². The van der Waals surface area contributed by atoms with Crippen molar-refractivity contribution >= 4 is 21.6 Å². The van der Waals surface area contributed by atoms with Crippen LogP contribution in [0.5, 0.6) is 0 Å².